The smallest absolute Gasteiger partial charge is 0.273 e. The highest BCUT2D eigenvalue weighted by molar-refractivity contribution is 5.95. The number of nitriles is 1. The van der Waals surface area contributed by atoms with E-state index in [1.807, 2.05) is 35.2 Å². The number of carbonyl (C=O) groups excluding carboxylic acids is 2. The summed E-state index contributed by atoms with van der Waals surface area (Å²) in [7, 11) is 0. The fourth-order valence-corrected chi connectivity index (χ4v) is 3.38. The molecule has 1 aliphatic rings. The number of piperazine rings is 1. The number of aromatic nitrogens is 2. The van der Waals surface area contributed by atoms with E-state index in [0.29, 0.717) is 43.3 Å². The fourth-order valence-electron chi connectivity index (χ4n) is 3.38. The molecule has 1 aromatic carbocycles. The maximum atomic E-state index is 12.5. The van der Waals surface area contributed by atoms with Gasteiger partial charge in [-0.1, -0.05) is 35.5 Å². The summed E-state index contributed by atoms with van der Waals surface area (Å²) in [5.74, 6) is 0.469. The molecule has 0 bridgehead atoms. The van der Waals surface area contributed by atoms with Gasteiger partial charge in [-0.15, -0.1) is 0 Å². The minimum absolute atomic E-state index is 0.121. The van der Waals surface area contributed by atoms with Crippen molar-refractivity contribution in [1.29, 1.82) is 5.26 Å². The molecule has 0 unspecified atom stereocenters. The molecule has 1 N–H and O–H groups in total. The molecule has 3 heterocycles. The zero-order valence-electron chi connectivity index (χ0n) is 16.7. The normalized spacial score (nSPS) is 13.5. The molecule has 1 saturated heterocycles. The van der Waals surface area contributed by atoms with Gasteiger partial charge in [0, 0.05) is 44.0 Å². The van der Waals surface area contributed by atoms with Crippen LogP contribution in [-0.4, -0.2) is 59.6 Å². The van der Waals surface area contributed by atoms with Crippen LogP contribution in [0.5, 0.6) is 0 Å². The number of nitrogens with zero attached hydrogens (tertiary/aromatic N) is 5. The highest BCUT2D eigenvalue weighted by atomic mass is 16.5. The Morgan fingerprint density at radius 2 is 1.87 bits per heavy atom. The topological polar surface area (TPSA) is 115 Å². The van der Waals surface area contributed by atoms with Crippen LogP contribution in [0.4, 0.5) is 5.82 Å². The van der Waals surface area contributed by atoms with Crippen molar-refractivity contribution in [1.82, 2.24) is 20.4 Å². The van der Waals surface area contributed by atoms with Crippen LogP contribution in [0.1, 0.15) is 16.1 Å². The highest BCUT2D eigenvalue weighted by Gasteiger charge is 2.24. The Bertz CT molecular complexity index is 1110. The first-order chi connectivity index (χ1) is 15.2. The Hall–Kier alpha value is -4.19. The van der Waals surface area contributed by atoms with E-state index in [4.69, 9.17) is 4.52 Å². The summed E-state index contributed by atoms with van der Waals surface area (Å²) in [6.45, 7) is 1.97. The summed E-state index contributed by atoms with van der Waals surface area (Å²) >= 11 is 0. The minimum atomic E-state index is -0.468. The summed E-state index contributed by atoms with van der Waals surface area (Å²) in [5, 5.41) is 15.6. The second-order valence-corrected chi connectivity index (χ2v) is 6.98. The first-order valence-electron chi connectivity index (χ1n) is 9.84. The van der Waals surface area contributed by atoms with Crippen LogP contribution in [0, 0.1) is 11.3 Å². The molecule has 31 heavy (non-hydrogen) atoms. The van der Waals surface area contributed by atoms with E-state index in [-0.39, 0.29) is 18.1 Å². The van der Waals surface area contributed by atoms with Crippen molar-refractivity contribution in [3.63, 3.8) is 0 Å². The Balaban J connectivity index is 1.28. The van der Waals surface area contributed by atoms with Crippen LogP contribution in [0.3, 0.4) is 0 Å². The van der Waals surface area contributed by atoms with Crippen LogP contribution < -0.4 is 10.2 Å². The van der Waals surface area contributed by atoms with Crippen molar-refractivity contribution in [3.05, 3.63) is 66.0 Å². The molecule has 1 fully saturated rings. The van der Waals surface area contributed by atoms with Crippen LogP contribution in [0.2, 0.25) is 0 Å². The first kappa shape index (κ1) is 20.1. The molecule has 0 atom stereocenters. The lowest BCUT2D eigenvalue weighted by molar-refractivity contribution is -0.130. The maximum Gasteiger partial charge on any atom is 0.273 e. The van der Waals surface area contributed by atoms with Gasteiger partial charge in [0.1, 0.15) is 11.9 Å². The van der Waals surface area contributed by atoms with E-state index in [1.54, 1.807) is 29.3 Å². The first-order valence-corrected chi connectivity index (χ1v) is 9.84. The number of hydrogen-bond donors (Lipinski definition) is 1. The van der Waals surface area contributed by atoms with E-state index >= 15 is 0 Å². The molecule has 9 nitrogen and oxygen atoms in total. The highest BCUT2D eigenvalue weighted by Crippen LogP contribution is 2.20. The van der Waals surface area contributed by atoms with Crippen LogP contribution >= 0.6 is 0 Å². The quantitative estimate of drug-likeness (QED) is 0.673. The molecule has 0 aliphatic carbocycles. The fraction of sp³-hybridized carbons (Fsp3) is 0.227. The predicted octanol–water partition coefficient (Wildman–Crippen LogP) is 1.69. The Morgan fingerprint density at radius 1 is 1.10 bits per heavy atom. The molecule has 3 aromatic rings. The Morgan fingerprint density at radius 3 is 2.61 bits per heavy atom. The number of pyridine rings is 1. The summed E-state index contributed by atoms with van der Waals surface area (Å²) in [5.41, 5.74) is 1.45. The number of benzene rings is 1. The summed E-state index contributed by atoms with van der Waals surface area (Å²) in [4.78, 5) is 32.8. The largest absolute Gasteiger partial charge is 0.355 e. The molecule has 4 rings (SSSR count). The van der Waals surface area contributed by atoms with Crippen molar-refractivity contribution < 1.29 is 14.1 Å². The standard InChI is InChI=1S/C22H20N6O3/c23-14-17-7-4-8-24-21(17)28-11-9-27(10-12-28)20(29)15-25-22(30)18-13-19(31-26-18)16-5-2-1-3-6-16/h1-8,13H,9-12,15H2,(H,25,30). The van der Waals surface area contributed by atoms with Crippen molar-refractivity contribution in [2.24, 2.45) is 0 Å². The van der Waals surface area contributed by atoms with E-state index in [9.17, 15) is 14.9 Å². The average molecular weight is 416 g/mol. The SMILES string of the molecule is N#Cc1cccnc1N1CCN(C(=O)CNC(=O)c2cc(-c3ccccc3)on2)CC1. The predicted molar refractivity (Wildman–Crippen MR) is 112 cm³/mol. The van der Waals surface area contributed by atoms with Gasteiger partial charge in [-0.2, -0.15) is 5.26 Å². The second kappa shape index (κ2) is 9.09. The molecule has 0 spiro atoms. The minimum Gasteiger partial charge on any atom is -0.355 e. The van der Waals surface area contributed by atoms with E-state index in [1.165, 1.54) is 0 Å². The van der Waals surface area contributed by atoms with Gasteiger partial charge in [0.25, 0.3) is 5.91 Å². The lowest BCUT2D eigenvalue weighted by atomic mass is 10.1. The van der Waals surface area contributed by atoms with Gasteiger partial charge >= 0.3 is 0 Å². The van der Waals surface area contributed by atoms with E-state index in [0.717, 1.165) is 5.56 Å². The third kappa shape index (κ3) is 4.53. The molecule has 9 heteroatoms. The molecular weight excluding hydrogens is 396 g/mol. The number of rotatable bonds is 5. The Kier molecular flexibility index (Phi) is 5.89. The van der Waals surface area contributed by atoms with Gasteiger partial charge in [0.2, 0.25) is 5.91 Å². The summed E-state index contributed by atoms with van der Waals surface area (Å²) < 4.78 is 5.23. The zero-order valence-corrected chi connectivity index (χ0v) is 16.7. The van der Waals surface area contributed by atoms with E-state index < -0.39 is 5.91 Å². The van der Waals surface area contributed by atoms with Crippen molar-refractivity contribution in [2.45, 2.75) is 0 Å². The lowest BCUT2D eigenvalue weighted by Crippen LogP contribution is -2.51. The lowest BCUT2D eigenvalue weighted by Gasteiger charge is -2.35. The molecule has 2 aromatic heterocycles. The van der Waals surface area contributed by atoms with Gasteiger partial charge in [0.15, 0.2) is 11.5 Å². The van der Waals surface area contributed by atoms with Gasteiger partial charge in [-0.05, 0) is 12.1 Å². The molecule has 1 aliphatic heterocycles. The third-order valence-corrected chi connectivity index (χ3v) is 5.04. The number of amides is 2. The van der Waals surface area contributed by atoms with Gasteiger partial charge < -0.3 is 19.6 Å². The molecule has 2 amide bonds. The monoisotopic (exact) mass is 416 g/mol. The molecule has 0 radical (unpaired) electrons. The third-order valence-electron chi connectivity index (χ3n) is 5.04. The second-order valence-electron chi connectivity index (χ2n) is 6.98. The van der Waals surface area contributed by atoms with Crippen molar-refractivity contribution in [2.75, 3.05) is 37.6 Å². The number of hydrogen-bond acceptors (Lipinski definition) is 7. The average Bonchev–Trinajstić information content (AvgIpc) is 3.33. The summed E-state index contributed by atoms with van der Waals surface area (Å²) in [6.07, 6.45) is 1.65. The Labute approximate surface area is 178 Å². The molecule has 0 saturated carbocycles. The summed E-state index contributed by atoms with van der Waals surface area (Å²) in [6, 6.07) is 16.5. The van der Waals surface area contributed by atoms with Gasteiger partial charge in [0.05, 0.1) is 12.1 Å². The number of carbonyl (C=O) groups is 2. The van der Waals surface area contributed by atoms with Gasteiger partial charge in [-0.25, -0.2) is 4.98 Å². The molecular formula is C22H20N6O3. The van der Waals surface area contributed by atoms with E-state index in [2.05, 4.69) is 21.5 Å². The van der Waals surface area contributed by atoms with Crippen molar-refractivity contribution in [3.8, 4) is 17.4 Å². The maximum absolute atomic E-state index is 12.5. The van der Waals surface area contributed by atoms with Crippen LogP contribution in [0.25, 0.3) is 11.3 Å². The van der Waals surface area contributed by atoms with Gasteiger partial charge in [-0.3, -0.25) is 9.59 Å². The van der Waals surface area contributed by atoms with Crippen LogP contribution in [-0.2, 0) is 4.79 Å². The number of nitrogens with one attached hydrogen (secondary N) is 1. The zero-order chi connectivity index (χ0) is 21.6. The number of anilines is 1. The van der Waals surface area contributed by atoms with Crippen LogP contribution in [0.15, 0.2) is 59.3 Å². The molecule has 156 valence electrons. The van der Waals surface area contributed by atoms with Crippen molar-refractivity contribution >= 4 is 17.6 Å².